The third-order valence-corrected chi connectivity index (χ3v) is 4.91. The average molecular weight is 421 g/mol. The Bertz CT molecular complexity index is 687. The highest BCUT2D eigenvalue weighted by Crippen LogP contribution is 2.10. The van der Waals surface area contributed by atoms with E-state index in [1.54, 1.807) is 24.3 Å². The van der Waals surface area contributed by atoms with Crippen LogP contribution in [0.5, 0.6) is 0 Å². The Balaban J connectivity index is 2.72. The first kappa shape index (κ1) is 25.6. The lowest BCUT2D eigenvalue weighted by atomic mass is 10.0. The summed E-state index contributed by atoms with van der Waals surface area (Å²) in [6, 6.07) is 5.71. The number of nitrogens with one attached hydrogen (secondary N) is 2. The topological polar surface area (TPSA) is 91.0 Å². The molecule has 2 N–H and O–H groups in total. The van der Waals surface area contributed by atoms with Crippen LogP contribution in [0.3, 0.4) is 0 Å². The molecule has 0 unspecified atom stereocenters. The maximum Gasteiger partial charge on any atom is 0.268 e. The lowest BCUT2D eigenvalue weighted by Gasteiger charge is -2.24. The molecule has 0 bridgehead atoms. The zero-order valence-electron chi connectivity index (χ0n) is 19.0. The Morgan fingerprint density at radius 3 is 2.00 bits per heavy atom. The Labute approximate surface area is 179 Å². The first-order valence-electron chi connectivity index (χ1n) is 10.5. The van der Waals surface area contributed by atoms with Crippen molar-refractivity contribution in [3.63, 3.8) is 0 Å². The molecule has 0 fully saturated rings. The van der Waals surface area contributed by atoms with Gasteiger partial charge >= 0.3 is 0 Å². The standard InChI is InChI=1S/C22H36N4O4/c1-7-26(8-2)14-13-23-20(27)17-9-11-18(12-10-17)21(28)24-19(15-16(3)4)22(29)25(5)30-6/h9-12,16,19H,7-8,13-15H2,1-6H3,(H,23,27)(H,24,28)/t19-/m0/s1. The summed E-state index contributed by atoms with van der Waals surface area (Å²) in [4.78, 5) is 44.5. The molecule has 30 heavy (non-hydrogen) atoms. The predicted octanol–water partition coefficient (Wildman–Crippen LogP) is 1.92. The third kappa shape index (κ3) is 8.12. The summed E-state index contributed by atoms with van der Waals surface area (Å²) in [6.07, 6.45) is 0.491. The SMILES string of the molecule is CCN(CC)CCNC(=O)c1ccc(C(=O)N[C@@H](CC(C)C)C(=O)N(C)OC)cc1. The first-order chi connectivity index (χ1) is 14.2. The zero-order valence-corrected chi connectivity index (χ0v) is 19.0. The number of benzene rings is 1. The smallest absolute Gasteiger partial charge is 0.268 e. The monoisotopic (exact) mass is 420 g/mol. The molecule has 0 aromatic heterocycles. The minimum absolute atomic E-state index is 0.177. The lowest BCUT2D eigenvalue weighted by Crippen LogP contribution is -2.47. The van der Waals surface area contributed by atoms with E-state index in [9.17, 15) is 14.4 Å². The van der Waals surface area contributed by atoms with Crippen molar-refractivity contribution in [3.05, 3.63) is 35.4 Å². The molecule has 1 atom stereocenters. The molecule has 1 aromatic carbocycles. The molecular weight excluding hydrogens is 384 g/mol. The maximum absolute atomic E-state index is 12.6. The van der Waals surface area contributed by atoms with Gasteiger partial charge in [0.2, 0.25) is 0 Å². The van der Waals surface area contributed by atoms with Crippen molar-refractivity contribution in [1.29, 1.82) is 0 Å². The van der Waals surface area contributed by atoms with Crippen molar-refractivity contribution in [3.8, 4) is 0 Å². The highest BCUT2D eigenvalue weighted by molar-refractivity contribution is 5.99. The number of rotatable bonds is 12. The van der Waals surface area contributed by atoms with Gasteiger partial charge in [-0.2, -0.15) is 0 Å². The maximum atomic E-state index is 12.6. The number of hydroxylamine groups is 2. The van der Waals surface area contributed by atoms with E-state index in [0.717, 1.165) is 24.7 Å². The number of likely N-dealkylation sites (N-methyl/N-ethyl adjacent to an activating group) is 2. The van der Waals surface area contributed by atoms with E-state index in [4.69, 9.17) is 4.84 Å². The quantitative estimate of drug-likeness (QED) is 0.504. The van der Waals surface area contributed by atoms with Crippen LogP contribution in [0.1, 0.15) is 54.8 Å². The summed E-state index contributed by atoms with van der Waals surface area (Å²) in [5, 5.41) is 6.77. The largest absolute Gasteiger partial charge is 0.351 e. The van der Waals surface area contributed by atoms with E-state index in [2.05, 4.69) is 29.4 Å². The molecule has 1 aromatic rings. The number of amides is 3. The molecule has 0 radical (unpaired) electrons. The summed E-state index contributed by atoms with van der Waals surface area (Å²) in [7, 11) is 2.91. The molecule has 0 heterocycles. The number of nitrogens with zero attached hydrogens (tertiary/aromatic N) is 2. The molecular formula is C22H36N4O4. The van der Waals surface area contributed by atoms with Gasteiger partial charge in [-0.1, -0.05) is 27.7 Å². The van der Waals surface area contributed by atoms with Crippen LogP contribution in [0.4, 0.5) is 0 Å². The first-order valence-corrected chi connectivity index (χ1v) is 10.5. The van der Waals surface area contributed by atoms with Crippen LogP contribution in [0, 0.1) is 5.92 Å². The fraction of sp³-hybridized carbons (Fsp3) is 0.591. The van der Waals surface area contributed by atoms with Crippen LogP contribution < -0.4 is 10.6 Å². The van der Waals surface area contributed by atoms with E-state index in [0.29, 0.717) is 24.1 Å². The van der Waals surface area contributed by atoms with Gasteiger partial charge in [0, 0.05) is 31.3 Å². The molecule has 168 valence electrons. The molecule has 0 aliphatic heterocycles. The second-order valence-electron chi connectivity index (χ2n) is 7.53. The van der Waals surface area contributed by atoms with Gasteiger partial charge in [-0.25, -0.2) is 5.06 Å². The van der Waals surface area contributed by atoms with E-state index in [1.165, 1.54) is 14.2 Å². The number of hydrogen-bond donors (Lipinski definition) is 2. The van der Waals surface area contributed by atoms with Crippen molar-refractivity contribution in [1.82, 2.24) is 20.6 Å². The van der Waals surface area contributed by atoms with Crippen molar-refractivity contribution < 1.29 is 19.2 Å². The molecule has 0 saturated heterocycles. The van der Waals surface area contributed by atoms with Crippen LogP contribution in [0.25, 0.3) is 0 Å². The fourth-order valence-corrected chi connectivity index (χ4v) is 2.99. The molecule has 8 nitrogen and oxygen atoms in total. The number of hydrogen-bond acceptors (Lipinski definition) is 5. The van der Waals surface area contributed by atoms with Crippen LogP contribution in [-0.4, -0.2) is 74.1 Å². The highest BCUT2D eigenvalue weighted by Gasteiger charge is 2.25. The molecule has 3 amide bonds. The van der Waals surface area contributed by atoms with Crippen LogP contribution in [0.2, 0.25) is 0 Å². The average Bonchev–Trinajstić information content (AvgIpc) is 2.74. The van der Waals surface area contributed by atoms with Crippen LogP contribution in [0.15, 0.2) is 24.3 Å². The van der Waals surface area contributed by atoms with Gasteiger partial charge in [-0.05, 0) is 49.7 Å². The normalized spacial score (nSPS) is 12.0. The second-order valence-corrected chi connectivity index (χ2v) is 7.53. The summed E-state index contributed by atoms with van der Waals surface area (Å²) >= 11 is 0. The van der Waals surface area contributed by atoms with Crippen molar-refractivity contribution in [2.24, 2.45) is 5.92 Å². The lowest BCUT2D eigenvalue weighted by molar-refractivity contribution is -0.171. The molecule has 0 aliphatic carbocycles. The zero-order chi connectivity index (χ0) is 22.7. The molecule has 0 saturated carbocycles. The van der Waals surface area contributed by atoms with Gasteiger partial charge in [0.05, 0.1) is 7.11 Å². The van der Waals surface area contributed by atoms with Gasteiger partial charge in [-0.15, -0.1) is 0 Å². The van der Waals surface area contributed by atoms with Gasteiger partial charge < -0.3 is 15.5 Å². The summed E-state index contributed by atoms with van der Waals surface area (Å²) in [6.45, 7) is 11.4. The van der Waals surface area contributed by atoms with Crippen molar-refractivity contribution in [2.75, 3.05) is 40.3 Å². The highest BCUT2D eigenvalue weighted by atomic mass is 16.7. The van der Waals surface area contributed by atoms with Gasteiger partial charge in [0.1, 0.15) is 6.04 Å². The van der Waals surface area contributed by atoms with E-state index in [-0.39, 0.29) is 23.6 Å². The second kappa shape index (κ2) is 13.0. The van der Waals surface area contributed by atoms with E-state index in [1.807, 2.05) is 13.8 Å². The van der Waals surface area contributed by atoms with E-state index >= 15 is 0 Å². The Morgan fingerprint density at radius 1 is 1.00 bits per heavy atom. The summed E-state index contributed by atoms with van der Waals surface area (Å²) in [5.74, 6) is -0.647. The molecule has 0 aliphatic rings. The van der Waals surface area contributed by atoms with Gasteiger partial charge in [-0.3, -0.25) is 19.2 Å². The summed E-state index contributed by atoms with van der Waals surface area (Å²) < 4.78 is 0. The summed E-state index contributed by atoms with van der Waals surface area (Å²) in [5.41, 5.74) is 0.872. The fourth-order valence-electron chi connectivity index (χ4n) is 2.99. The minimum atomic E-state index is -0.689. The van der Waals surface area contributed by atoms with Crippen molar-refractivity contribution >= 4 is 17.7 Å². The minimum Gasteiger partial charge on any atom is -0.351 e. The molecule has 8 heteroatoms. The van der Waals surface area contributed by atoms with Crippen LogP contribution in [-0.2, 0) is 9.63 Å². The Kier molecular flexibility index (Phi) is 11.1. The Hall–Kier alpha value is -2.45. The van der Waals surface area contributed by atoms with Gasteiger partial charge in [0.15, 0.2) is 0 Å². The van der Waals surface area contributed by atoms with E-state index < -0.39 is 6.04 Å². The Morgan fingerprint density at radius 2 is 1.53 bits per heavy atom. The number of carbonyl (C=O) groups excluding carboxylic acids is 3. The third-order valence-electron chi connectivity index (χ3n) is 4.91. The van der Waals surface area contributed by atoms with Crippen molar-refractivity contribution in [2.45, 2.75) is 40.2 Å². The predicted molar refractivity (Wildman–Crippen MR) is 117 cm³/mol. The van der Waals surface area contributed by atoms with Gasteiger partial charge in [0.25, 0.3) is 17.7 Å². The number of carbonyl (C=O) groups is 3. The molecule has 0 spiro atoms. The van der Waals surface area contributed by atoms with Crippen LogP contribution >= 0.6 is 0 Å². The molecule has 1 rings (SSSR count).